The van der Waals surface area contributed by atoms with Gasteiger partial charge in [-0.05, 0) is 62.4 Å². The Morgan fingerprint density at radius 1 is 1.29 bits per heavy atom. The van der Waals surface area contributed by atoms with Crippen molar-refractivity contribution < 1.29 is 4.39 Å². The second kappa shape index (κ2) is 6.75. The van der Waals surface area contributed by atoms with Gasteiger partial charge in [0.2, 0.25) is 0 Å². The Morgan fingerprint density at radius 3 is 2.65 bits per heavy atom. The zero-order valence-corrected chi connectivity index (χ0v) is 11.4. The number of hydrogen-bond acceptors (Lipinski definition) is 1. The van der Waals surface area contributed by atoms with E-state index in [0.29, 0.717) is 12.0 Å². The minimum atomic E-state index is -0.127. The molecule has 2 unspecified atom stereocenters. The largest absolute Gasteiger partial charge is 0.315 e. The summed E-state index contributed by atoms with van der Waals surface area (Å²) in [7, 11) is 0. The second-order valence-electron chi connectivity index (χ2n) is 5.07. The van der Waals surface area contributed by atoms with E-state index in [0.717, 1.165) is 24.9 Å². The fourth-order valence-corrected chi connectivity index (χ4v) is 2.35. The van der Waals surface area contributed by atoms with Crippen LogP contribution in [0.15, 0.2) is 18.2 Å². The molecule has 1 nitrogen and oxygen atoms in total. The van der Waals surface area contributed by atoms with Gasteiger partial charge in [-0.2, -0.15) is 0 Å². The molecule has 0 amide bonds. The molecule has 0 spiro atoms. The molecule has 2 heteroatoms. The van der Waals surface area contributed by atoms with E-state index in [1.54, 1.807) is 6.07 Å². The van der Waals surface area contributed by atoms with Gasteiger partial charge >= 0.3 is 0 Å². The van der Waals surface area contributed by atoms with Crippen LogP contribution in [0.25, 0.3) is 0 Å². The fraction of sp³-hybridized carbons (Fsp3) is 0.600. The van der Waals surface area contributed by atoms with Crippen molar-refractivity contribution in [3.63, 3.8) is 0 Å². The molecule has 0 aliphatic rings. The molecule has 96 valence electrons. The molecule has 0 saturated carbocycles. The predicted octanol–water partition coefficient (Wildman–Crippen LogP) is 3.70. The van der Waals surface area contributed by atoms with E-state index >= 15 is 0 Å². The molecule has 1 aromatic rings. The summed E-state index contributed by atoms with van der Waals surface area (Å²) < 4.78 is 13.2. The fourth-order valence-electron chi connectivity index (χ4n) is 2.35. The zero-order valence-electron chi connectivity index (χ0n) is 11.4. The molecule has 0 radical (unpaired) electrons. The van der Waals surface area contributed by atoms with Crippen LogP contribution in [0.5, 0.6) is 0 Å². The van der Waals surface area contributed by atoms with Gasteiger partial charge in [-0.3, -0.25) is 0 Å². The lowest BCUT2D eigenvalue weighted by molar-refractivity contribution is 0.425. The van der Waals surface area contributed by atoms with E-state index in [1.165, 1.54) is 11.6 Å². The molecule has 1 aromatic carbocycles. The lowest BCUT2D eigenvalue weighted by atomic mass is 9.93. The lowest BCUT2D eigenvalue weighted by Gasteiger charge is -2.18. The highest BCUT2D eigenvalue weighted by Crippen LogP contribution is 2.18. The maximum Gasteiger partial charge on any atom is 0.123 e. The van der Waals surface area contributed by atoms with Gasteiger partial charge in [0.25, 0.3) is 0 Å². The predicted molar refractivity (Wildman–Crippen MR) is 71.8 cm³/mol. The van der Waals surface area contributed by atoms with Crippen molar-refractivity contribution >= 4 is 0 Å². The summed E-state index contributed by atoms with van der Waals surface area (Å²) in [6.45, 7) is 9.62. The Balaban J connectivity index is 2.55. The zero-order chi connectivity index (χ0) is 12.8. The first-order valence-electron chi connectivity index (χ1n) is 6.51. The Labute approximate surface area is 104 Å². The summed E-state index contributed by atoms with van der Waals surface area (Å²) >= 11 is 0. The minimum absolute atomic E-state index is 0.127. The molecule has 0 saturated heterocycles. The molecular weight excluding hydrogens is 213 g/mol. The molecular formula is C15H24FN. The van der Waals surface area contributed by atoms with Crippen molar-refractivity contribution in [3.05, 3.63) is 35.1 Å². The molecule has 2 atom stereocenters. The minimum Gasteiger partial charge on any atom is -0.315 e. The maximum absolute atomic E-state index is 13.2. The number of rotatable bonds is 6. The van der Waals surface area contributed by atoms with Crippen molar-refractivity contribution in [2.24, 2.45) is 5.92 Å². The molecule has 0 aliphatic heterocycles. The van der Waals surface area contributed by atoms with Gasteiger partial charge in [-0.15, -0.1) is 0 Å². The smallest absolute Gasteiger partial charge is 0.123 e. The lowest BCUT2D eigenvalue weighted by Crippen LogP contribution is -2.27. The summed E-state index contributed by atoms with van der Waals surface area (Å²) in [6, 6.07) is 5.60. The molecule has 0 fully saturated rings. The highest BCUT2D eigenvalue weighted by molar-refractivity contribution is 5.26. The quantitative estimate of drug-likeness (QED) is 0.795. The molecule has 0 aliphatic carbocycles. The van der Waals surface area contributed by atoms with Crippen LogP contribution in [0.4, 0.5) is 4.39 Å². The monoisotopic (exact) mass is 237 g/mol. The molecule has 1 rings (SSSR count). The normalized spacial score (nSPS) is 14.6. The van der Waals surface area contributed by atoms with Gasteiger partial charge in [0.05, 0.1) is 0 Å². The summed E-state index contributed by atoms with van der Waals surface area (Å²) in [6.07, 6.45) is 2.09. The Morgan fingerprint density at radius 2 is 2.00 bits per heavy atom. The number of nitrogens with one attached hydrogen (secondary N) is 1. The van der Waals surface area contributed by atoms with E-state index in [-0.39, 0.29) is 5.82 Å². The first-order valence-corrected chi connectivity index (χ1v) is 6.51. The van der Waals surface area contributed by atoms with E-state index in [9.17, 15) is 4.39 Å². The van der Waals surface area contributed by atoms with Crippen LogP contribution in [-0.4, -0.2) is 12.6 Å². The SMILES string of the molecule is CCNC(C)CC(C)Cc1cc(F)ccc1C. The van der Waals surface area contributed by atoms with Gasteiger partial charge in [-0.25, -0.2) is 4.39 Å². The first kappa shape index (κ1) is 14.2. The molecule has 17 heavy (non-hydrogen) atoms. The molecule has 0 heterocycles. The molecule has 1 N–H and O–H groups in total. The van der Waals surface area contributed by atoms with Crippen molar-refractivity contribution in [3.8, 4) is 0 Å². The summed E-state index contributed by atoms with van der Waals surface area (Å²) in [4.78, 5) is 0. The first-order chi connectivity index (χ1) is 8.02. The van der Waals surface area contributed by atoms with Crippen LogP contribution in [0.1, 0.15) is 38.3 Å². The Hall–Kier alpha value is -0.890. The second-order valence-corrected chi connectivity index (χ2v) is 5.07. The van der Waals surface area contributed by atoms with E-state index in [1.807, 2.05) is 6.07 Å². The van der Waals surface area contributed by atoms with Crippen LogP contribution in [0.3, 0.4) is 0 Å². The third-order valence-electron chi connectivity index (χ3n) is 3.19. The van der Waals surface area contributed by atoms with Gasteiger partial charge < -0.3 is 5.32 Å². The van der Waals surface area contributed by atoms with E-state index in [4.69, 9.17) is 0 Å². The van der Waals surface area contributed by atoms with Crippen LogP contribution in [0.2, 0.25) is 0 Å². The highest BCUT2D eigenvalue weighted by atomic mass is 19.1. The third kappa shape index (κ3) is 4.86. The number of aryl methyl sites for hydroxylation is 1. The van der Waals surface area contributed by atoms with Crippen LogP contribution < -0.4 is 5.32 Å². The average molecular weight is 237 g/mol. The van der Waals surface area contributed by atoms with Crippen molar-refractivity contribution in [1.29, 1.82) is 0 Å². The van der Waals surface area contributed by atoms with Crippen molar-refractivity contribution in [1.82, 2.24) is 5.32 Å². The van der Waals surface area contributed by atoms with Crippen molar-refractivity contribution in [2.75, 3.05) is 6.54 Å². The number of benzene rings is 1. The van der Waals surface area contributed by atoms with Gasteiger partial charge in [0.1, 0.15) is 5.82 Å². The average Bonchev–Trinajstić information content (AvgIpc) is 2.23. The molecule has 0 aromatic heterocycles. The summed E-state index contributed by atoms with van der Waals surface area (Å²) in [5.41, 5.74) is 2.33. The Bertz CT molecular complexity index is 349. The van der Waals surface area contributed by atoms with Crippen LogP contribution >= 0.6 is 0 Å². The summed E-state index contributed by atoms with van der Waals surface area (Å²) in [5, 5.41) is 3.41. The molecule has 0 bridgehead atoms. The van der Waals surface area contributed by atoms with Crippen molar-refractivity contribution in [2.45, 2.75) is 46.6 Å². The Kier molecular flexibility index (Phi) is 5.63. The third-order valence-corrected chi connectivity index (χ3v) is 3.19. The highest BCUT2D eigenvalue weighted by Gasteiger charge is 2.10. The summed E-state index contributed by atoms with van der Waals surface area (Å²) in [5.74, 6) is 0.446. The van der Waals surface area contributed by atoms with E-state index in [2.05, 4.69) is 33.0 Å². The maximum atomic E-state index is 13.2. The van der Waals surface area contributed by atoms with Gasteiger partial charge in [0.15, 0.2) is 0 Å². The number of halogens is 1. The van der Waals surface area contributed by atoms with Gasteiger partial charge in [0, 0.05) is 6.04 Å². The van der Waals surface area contributed by atoms with Crippen LogP contribution in [0, 0.1) is 18.7 Å². The standard InChI is InChI=1S/C15H24FN/c1-5-17-13(4)8-11(2)9-14-10-15(16)7-6-12(14)3/h6-7,10-11,13,17H,5,8-9H2,1-4H3. The van der Waals surface area contributed by atoms with Gasteiger partial charge in [-0.1, -0.05) is 19.9 Å². The van der Waals surface area contributed by atoms with E-state index < -0.39 is 0 Å². The topological polar surface area (TPSA) is 12.0 Å². The van der Waals surface area contributed by atoms with Crippen LogP contribution in [-0.2, 0) is 6.42 Å². The number of hydrogen-bond donors (Lipinski definition) is 1.